The molecule has 0 radical (unpaired) electrons. The fraction of sp³-hybridized carbons (Fsp3) is 0.857. The van der Waals surface area contributed by atoms with Crippen LogP contribution in [-0.4, -0.2) is 46.7 Å². The van der Waals surface area contributed by atoms with E-state index >= 15 is 0 Å². The van der Waals surface area contributed by atoms with Crippen LogP contribution in [0.2, 0.25) is 0 Å². The van der Waals surface area contributed by atoms with Crippen LogP contribution in [-0.2, 0) is 9.59 Å². The van der Waals surface area contributed by atoms with Gasteiger partial charge in [-0.2, -0.15) is 0 Å². The number of rotatable bonds is 12. The van der Waals surface area contributed by atoms with Crippen molar-refractivity contribution < 1.29 is 19.8 Å². The molecule has 0 fully saturated rings. The van der Waals surface area contributed by atoms with Gasteiger partial charge < -0.3 is 15.1 Å². The van der Waals surface area contributed by atoms with E-state index in [1.807, 2.05) is 4.90 Å². The van der Waals surface area contributed by atoms with Gasteiger partial charge in [-0.25, -0.2) is 0 Å². The van der Waals surface area contributed by atoms with Crippen molar-refractivity contribution in [3.8, 4) is 0 Å². The molecule has 0 aromatic carbocycles. The van der Waals surface area contributed by atoms with Crippen molar-refractivity contribution >= 4 is 11.9 Å². The zero-order chi connectivity index (χ0) is 14.7. The maximum Gasteiger partial charge on any atom is 0.304 e. The SMILES string of the molecule is CC(C)CCCCCN(CCC(=O)O)CCC(=O)O. The molecule has 5 nitrogen and oxygen atoms in total. The second-order valence-corrected chi connectivity index (χ2v) is 5.37. The molecule has 0 bridgehead atoms. The molecule has 0 saturated carbocycles. The van der Waals surface area contributed by atoms with E-state index in [1.165, 1.54) is 12.8 Å². The lowest BCUT2D eigenvalue weighted by Crippen LogP contribution is -2.30. The highest BCUT2D eigenvalue weighted by Gasteiger charge is 2.09. The van der Waals surface area contributed by atoms with E-state index in [1.54, 1.807) is 0 Å². The lowest BCUT2D eigenvalue weighted by atomic mass is 10.1. The monoisotopic (exact) mass is 273 g/mol. The van der Waals surface area contributed by atoms with Crippen LogP contribution in [0.5, 0.6) is 0 Å². The smallest absolute Gasteiger partial charge is 0.304 e. The van der Waals surface area contributed by atoms with Crippen molar-refractivity contribution in [2.45, 2.75) is 52.4 Å². The predicted octanol–water partition coefficient (Wildman–Crippen LogP) is 2.45. The molecule has 0 rings (SSSR count). The summed E-state index contributed by atoms with van der Waals surface area (Å²) in [4.78, 5) is 23.0. The second-order valence-electron chi connectivity index (χ2n) is 5.37. The maximum atomic E-state index is 10.6. The number of nitrogens with zero attached hydrogens (tertiary/aromatic N) is 1. The Morgan fingerprint density at radius 3 is 1.84 bits per heavy atom. The molecular weight excluding hydrogens is 246 g/mol. The van der Waals surface area contributed by atoms with Crippen LogP contribution in [0.25, 0.3) is 0 Å². The fourth-order valence-corrected chi connectivity index (χ4v) is 1.91. The molecule has 19 heavy (non-hydrogen) atoms. The first kappa shape index (κ1) is 17.9. The van der Waals surface area contributed by atoms with Gasteiger partial charge in [0.2, 0.25) is 0 Å². The Kier molecular flexibility index (Phi) is 10.2. The first-order chi connectivity index (χ1) is 8.91. The minimum atomic E-state index is -0.833. The average Bonchev–Trinajstić information content (AvgIpc) is 2.30. The molecule has 0 heterocycles. The molecule has 0 aliphatic rings. The van der Waals surface area contributed by atoms with Gasteiger partial charge in [0.25, 0.3) is 0 Å². The zero-order valence-corrected chi connectivity index (χ0v) is 12.1. The summed E-state index contributed by atoms with van der Waals surface area (Å²) in [6, 6.07) is 0. The van der Waals surface area contributed by atoms with Crippen LogP contribution >= 0.6 is 0 Å². The summed E-state index contributed by atoms with van der Waals surface area (Å²) < 4.78 is 0. The number of hydrogen-bond donors (Lipinski definition) is 2. The second kappa shape index (κ2) is 10.8. The van der Waals surface area contributed by atoms with E-state index in [0.29, 0.717) is 13.1 Å². The molecule has 0 spiro atoms. The Balaban J connectivity index is 3.83. The van der Waals surface area contributed by atoms with Crippen molar-refractivity contribution in [1.82, 2.24) is 4.90 Å². The minimum Gasteiger partial charge on any atom is -0.481 e. The molecule has 0 amide bonds. The molecule has 0 aromatic heterocycles. The van der Waals surface area contributed by atoms with Crippen LogP contribution in [0.3, 0.4) is 0 Å². The predicted molar refractivity (Wildman–Crippen MR) is 74.3 cm³/mol. The van der Waals surface area contributed by atoms with E-state index in [2.05, 4.69) is 13.8 Å². The Morgan fingerprint density at radius 2 is 1.42 bits per heavy atom. The van der Waals surface area contributed by atoms with Crippen molar-refractivity contribution in [3.63, 3.8) is 0 Å². The molecule has 0 saturated heterocycles. The first-order valence-electron chi connectivity index (χ1n) is 7.07. The van der Waals surface area contributed by atoms with Gasteiger partial charge in [0.1, 0.15) is 0 Å². The van der Waals surface area contributed by atoms with Crippen LogP contribution < -0.4 is 0 Å². The average molecular weight is 273 g/mol. The van der Waals surface area contributed by atoms with Gasteiger partial charge in [-0.15, -0.1) is 0 Å². The molecule has 0 unspecified atom stereocenters. The van der Waals surface area contributed by atoms with Gasteiger partial charge in [-0.1, -0.05) is 33.1 Å². The summed E-state index contributed by atoms with van der Waals surface area (Å²) in [6.07, 6.45) is 4.67. The van der Waals surface area contributed by atoms with Gasteiger partial charge in [0, 0.05) is 13.1 Å². The van der Waals surface area contributed by atoms with Crippen LogP contribution in [0, 0.1) is 5.92 Å². The molecular formula is C14H27NO4. The van der Waals surface area contributed by atoms with Crippen LogP contribution in [0.15, 0.2) is 0 Å². The summed E-state index contributed by atoms with van der Waals surface area (Å²) in [6.45, 7) is 6.07. The van der Waals surface area contributed by atoms with E-state index in [4.69, 9.17) is 10.2 Å². The van der Waals surface area contributed by atoms with E-state index in [9.17, 15) is 9.59 Å². The summed E-state index contributed by atoms with van der Waals surface area (Å²) in [5.74, 6) is -0.949. The van der Waals surface area contributed by atoms with Gasteiger partial charge in [0.15, 0.2) is 0 Å². The van der Waals surface area contributed by atoms with E-state index in [0.717, 1.165) is 25.3 Å². The largest absolute Gasteiger partial charge is 0.481 e. The van der Waals surface area contributed by atoms with Gasteiger partial charge >= 0.3 is 11.9 Å². The number of carbonyl (C=O) groups is 2. The molecule has 0 aliphatic heterocycles. The third-order valence-electron chi connectivity index (χ3n) is 3.04. The lowest BCUT2D eigenvalue weighted by molar-refractivity contribution is -0.137. The highest BCUT2D eigenvalue weighted by Crippen LogP contribution is 2.09. The van der Waals surface area contributed by atoms with Crippen molar-refractivity contribution in [1.29, 1.82) is 0 Å². The summed E-state index contributed by atoms with van der Waals surface area (Å²) in [5, 5.41) is 17.3. The third kappa shape index (κ3) is 13.1. The first-order valence-corrected chi connectivity index (χ1v) is 7.07. The number of carboxylic acid groups (broad SMARTS) is 2. The number of aliphatic carboxylic acids is 2. The Labute approximate surface area is 115 Å². The summed E-state index contributed by atoms with van der Waals surface area (Å²) >= 11 is 0. The number of carboxylic acids is 2. The molecule has 5 heteroatoms. The van der Waals surface area contributed by atoms with Crippen LogP contribution in [0.4, 0.5) is 0 Å². The van der Waals surface area contributed by atoms with Crippen molar-refractivity contribution in [2.75, 3.05) is 19.6 Å². The molecule has 112 valence electrons. The van der Waals surface area contributed by atoms with E-state index in [-0.39, 0.29) is 12.8 Å². The fourth-order valence-electron chi connectivity index (χ4n) is 1.91. The number of hydrogen-bond acceptors (Lipinski definition) is 3. The van der Waals surface area contributed by atoms with Crippen molar-refractivity contribution in [3.05, 3.63) is 0 Å². The Hall–Kier alpha value is -1.10. The highest BCUT2D eigenvalue weighted by atomic mass is 16.4. The molecule has 0 atom stereocenters. The lowest BCUT2D eigenvalue weighted by Gasteiger charge is -2.20. The highest BCUT2D eigenvalue weighted by molar-refractivity contribution is 5.67. The van der Waals surface area contributed by atoms with Gasteiger partial charge in [-0.05, 0) is 18.9 Å². The van der Waals surface area contributed by atoms with Gasteiger partial charge in [0.05, 0.1) is 12.8 Å². The maximum absolute atomic E-state index is 10.6. The minimum absolute atomic E-state index is 0.0750. The quantitative estimate of drug-likeness (QED) is 0.534. The summed E-state index contributed by atoms with van der Waals surface area (Å²) in [7, 11) is 0. The number of unbranched alkanes of at least 4 members (excludes halogenated alkanes) is 2. The third-order valence-corrected chi connectivity index (χ3v) is 3.04. The van der Waals surface area contributed by atoms with E-state index < -0.39 is 11.9 Å². The normalized spacial score (nSPS) is 11.2. The van der Waals surface area contributed by atoms with Crippen molar-refractivity contribution in [2.24, 2.45) is 5.92 Å². The molecule has 2 N–H and O–H groups in total. The van der Waals surface area contributed by atoms with Crippen LogP contribution in [0.1, 0.15) is 52.4 Å². The topological polar surface area (TPSA) is 77.8 Å². The zero-order valence-electron chi connectivity index (χ0n) is 12.1. The Bertz CT molecular complexity index is 248. The Morgan fingerprint density at radius 1 is 0.895 bits per heavy atom. The summed E-state index contributed by atoms with van der Waals surface area (Å²) in [5.41, 5.74) is 0. The standard InChI is InChI=1S/C14H27NO4/c1-12(2)6-4-3-5-9-15(10-7-13(16)17)11-8-14(18)19/h12H,3-11H2,1-2H3,(H,16,17)(H,18,19). The molecule has 0 aromatic rings. The van der Waals surface area contributed by atoms with Gasteiger partial charge in [-0.3, -0.25) is 9.59 Å². The molecule has 0 aliphatic carbocycles.